The highest BCUT2D eigenvalue weighted by Crippen LogP contribution is 2.52. The van der Waals surface area contributed by atoms with Gasteiger partial charge in [0.25, 0.3) is 0 Å². The number of nitrogens with zero attached hydrogens (tertiary/aromatic N) is 2. The second-order valence-electron chi connectivity index (χ2n) is 7.12. The van der Waals surface area contributed by atoms with Crippen LogP contribution in [0, 0.1) is 11.3 Å². The zero-order chi connectivity index (χ0) is 21.3. The number of para-hydroxylation sites is 1. The predicted octanol–water partition coefficient (Wildman–Crippen LogP) is 3.74. The average molecular weight is 423 g/mol. The molecule has 30 heavy (non-hydrogen) atoms. The van der Waals surface area contributed by atoms with E-state index in [0.29, 0.717) is 34.3 Å². The van der Waals surface area contributed by atoms with Gasteiger partial charge in [0.15, 0.2) is 5.72 Å². The molecule has 0 aliphatic carbocycles. The number of nitriles is 1. The van der Waals surface area contributed by atoms with E-state index in [1.54, 1.807) is 31.4 Å². The van der Waals surface area contributed by atoms with Crippen molar-refractivity contribution in [2.75, 3.05) is 19.5 Å². The van der Waals surface area contributed by atoms with Crippen LogP contribution >= 0.6 is 11.8 Å². The molecule has 0 radical (unpaired) electrons. The Balaban J connectivity index is 1.76. The molecular weight excluding hydrogens is 400 g/mol. The molecule has 7 heteroatoms. The summed E-state index contributed by atoms with van der Waals surface area (Å²) in [5, 5.41) is 22.0. The second-order valence-corrected chi connectivity index (χ2v) is 8.09. The molecule has 0 spiro atoms. The molecule has 0 aromatic heterocycles. The SMILES string of the molecule is CCOc1ccc([C@]2(O)CSC3=C(C#N)[C@@H](c4ccccc4OC)CC(=O)N32)cc1. The maximum Gasteiger partial charge on any atom is 0.231 e. The van der Waals surface area contributed by atoms with Gasteiger partial charge >= 0.3 is 0 Å². The van der Waals surface area contributed by atoms with Gasteiger partial charge in [0.2, 0.25) is 5.91 Å². The maximum absolute atomic E-state index is 13.2. The minimum absolute atomic E-state index is 0.0899. The number of hydrogen-bond acceptors (Lipinski definition) is 6. The zero-order valence-corrected chi connectivity index (χ0v) is 17.6. The van der Waals surface area contributed by atoms with Crippen molar-refractivity contribution in [3.63, 3.8) is 0 Å². The van der Waals surface area contributed by atoms with Crippen LogP contribution in [0.3, 0.4) is 0 Å². The molecule has 2 atom stereocenters. The third kappa shape index (κ3) is 3.22. The molecule has 0 bridgehead atoms. The number of ether oxygens (including phenoxy) is 2. The normalized spacial score (nSPS) is 23.2. The molecule has 0 unspecified atom stereocenters. The molecular formula is C23H22N2O4S. The Hall–Kier alpha value is -2.95. The first-order valence-corrected chi connectivity index (χ1v) is 10.7. The van der Waals surface area contributed by atoms with Crippen LogP contribution in [0.25, 0.3) is 0 Å². The molecule has 2 aromatic carbocycles. The molecule has 154 valence electrons. The van der Waals surface area contributed by atoms with Gasteiger partial charge in [-0.2, -0.15) is 5.26 Å². The topological polar surface area (TPSA) is 82.8 Å². The van der Waals surface area contributed by atoms with E-state index in [4.69, 9.17) is 9.47 Å². The lowest BCUT2D eigenvalue weighted by Gasteiger charge is -2.38. The van der Waals surface area contributed by atoms with Crippen LogP contribution in [0.1, 0.15) is 30.4 Å². The van der Waals surface area contributed by atoms with Gasteiger partial charge < -0.3 is 14.6 Å². The number of rotatable bonds is 5. The maximum atomic E-state index is 13.2. The Morgan fingerprint density at radius 3 is 2.67 bits per heavy atom. The second kappa shape index (κ2) is 8.05. The van der Waals surface area contributed by atoms with Gasteiger partial charge in [0.05, 0.1) is 36.1 Å². The van der Waals surface area contributed by atoms with Gasteiger partial charge in [0, 0.05) is 23.5 Å². The summed E-state index contributed by atoms with van der Waals surface area (Å²) in [6, 6.07) is 16.8. The largest absolute Gasteiger partial charge is 0.496 e. The molecule has 2 aliphatic heterocycles. The summed E-state index contributed by atoms with van der Waals surface area (Å²) in [6.07, 6.45) is 0.0899. The quantitative estimate of drug-likeness (QED) is 0.790. The van der Waals surface area contributed by atoms with Crippen LogP contribution in [0.15, 0.2) is 59.1 Å². The molecule has 4 rings (SSSR count). The van der Waals surface area contributed by atoms with Crippen molar-refractivity contribution >= 4 is 17.7 Å². The Morgan fingerprint density at radius 1 is 1.27 bits per heavy atom. The Labute approximate surface area is 179 Å². The zero-order valence-electron chi connectivity index (χ0n) is 16.8. The number of allylic oxidation sites excluding steroid dienone is 1. The number of carbonyl (C=O) groups excluding carboxylic acids is 1. The molecule has 2 aliphatic rings. The van der Waals surface area contributed by atoms with Crippen LogP contribution in [-0.4, -0.2) is 35.4 Å². The number of hydrogen-bond donors (Lipinski definition) is 1. The van der Waals surface area contributed by atoms with Gasteiger partial charge in [-0.1, -0.05) is 30.3 Å². The van der Waals surface area contributed by atoms with Crippen molar-refractivity contribution in [2.24, 2.45) is 0 Å². The fraction of sp³-hybridized carbons (Fsp3) is 0.304. The lowest BCUT2D eigenvalue weighted by Crippen LogP contribution is -2.48. The lowest BCUT2D eigenvalue weighted by atomic mass is 9.85. The summed E-state index contributed by atoms with van der Waals surface area (Å²) >= 11 is 1.33. The number of fused-ring (bicyclic) bond motifs is 1. The smallest absolute Gasteiger partial charge is 0.231 e. The van der Waals surface area contributed by atoms with Gasteiger partial charge in [0.1, 0.15) is 11.5 Å². The molecule has 2 aromatic rings. The molecule has 1 fully saturated rings. The van der Waals surface area contributed by atoms with Gasteiger partial charge in [-0.15, -0.1) is 11.8 Å². The van der Waals surface area contributed by atoms with Crippen LogP contribution < -0.4 is 9.47 Å². The Kier molecular flexibility index (Phi) is 5.46. The van der Waals surface area contributed by atoms with Crippen molar-refractivity contribution in [1.29, 1.82) is 5.26 Å². The van der Waals surface area contributed by atoms with E-state index >= 15 is 0 Å². The summed E-state index contributed by atoms with van der Waals surface area (Å²) in [6.45, 7) is 2.45. The minimum Gasteiger partial charge on any atom is -0.496 e. The molecule has 1 saturated heterocycles. The van der Waals surface area contributed by atoms with Crippen LogP contribution in [-0.2, 0) is 10.5 Å². The Bertz CT molecular complexity index is 1040. The van der Waals surface area contributed by atoms with Crippen molar-refractivity contribution in [2.45, 2.75) is 25.0 Å². The molecule has 2 heterocycles. The van der Waals surface area contributed by atoms with Gasteiger partial charge in [-0.3, -0.25) is 9.69 Å². The Morgan fingerprint density at radius 2 is 2.00 bits per heavy atom. The lowest BCUT2D eigenvalue weighted by molar-refractivity contribution is -0.149. The average Bonchev–Trinajstić information content (AvgIpc) is 3.13. The van der Waals surface area contributed by atoms with E-state index in [0.717, 1.165) is 5.56 Å². The number of methoxy groups -OCH3 is 1. The van der Waals surface area contributed by atoms with Crippen molar-refractivity contribution < 1.29 is 19.4 Å². The number of benzene rings is 2. The summed E-state index contributed by atoms with van der Waals surface area (Å²) in [4.78, 5) is 14.6. The number of aliphatic hydroxyl groups is 1. The summed E-state index contributed by atoms with van der Waals surface area (Å²) < 4.78 is 10.9. The molecule has 6 nitrogen and oxygen atoms in total. The van der Waals surface area contributed by atoms with Crippen LogP contribution in [0.5, 0.6) is 11.5 Å². The monoisotopic (exact) mass is 422 g/mol. The highest BCUT2D eigenvalue weighted by Gasteiger charge is 2.52. The highest BCUT2D eigenvalue weighted by molar-refractivity contribution is 8.03. The van der Waals surface area contributed by atoms with Crippen molar-refractivity contribution in [1.82, 2.24) is 4.90 Å². The predicted molar refractivity (Wildman–Crippen MR) is 114 cm³/mol. The van der Waals surface area contributed by atoms with Crippen molar-refractivity contribution in [3.05, 3.63) is 70.3 Å². The van der Waals surface area contributed by atoms with E-state index in [1.807, 2.05) is 31.2 Å². The third-order valence-corrected chi connectivity index (χ3v) is 6.68. The first-order valence-electron chi connectivity index (χ1n) is 9.72. The fourth-order valence-electron chi connectivity index (χ4n) is 4.04. The number of carbonyl (C=O) groups is 1. The first kappa shape index (κ1) is 20.3. The standard InChI is InChI=1S/C23H22N2O4S/c1-3-29-16-10-8-15(9-11-16)23(27)14-30-22-19(13-24)18(12-21(26)25(22)23)17-6-4-5-7-20(17)28-2/h4-11,18,27H,3,12,14H2,1-2H3/t18-,23-/m1/s1. The molecule has 1 N–H and O–H groups in total. The van der Waals surface area contributed by atoms with E-state index < -0.39 is 11.6 Å². The summed E-state index contributed by atoms with van der Waals surface area (Å²) in [5.74, 6) is 0.972. The number of thioether (sulfide) groups is 1. The fourth-order valence-corrected chi connectivity index (χ4v) is 5.40. The minimum atomic E-state index is -1.50. The first-order chi connectivity index (χ1) is 14.5. The van der Waals surface area contributed by atoms with Gasteiger partial charge in [-0.05, 0) is 25.1 Å². The van der Waals surface area contributed by atoms with Gasteiger partial charge in [-0.25, -0.2) is 0 Å². The highest BCUT2D eigenvalue weighted by atomic mass is 32.2. The van der Waals surface area contributed by atoms with Crippen molar-refractivity contribution in [3.8, 4) is 17.6 Å². The van der Waals surface area contributed by atoms with Crippen LogP contribution in [0.4, 0.5) is 0 Å². The van der Waals surface area contributed by atoms with E-state index in [9.17, 15) is 15.2 Å². The summed E-state index contributed by atoms with van der Waals surface area (Å²) in [5.41, 5.74) is 0.366. The molecule has 1 amide bonds. The van der Waals surface area contributed by atoms with E-state index in [-0.39, 0.29) is 18.1 Å². The van der Waals surface area contributed by atoms with E-state index in [1.165, 1.54) is 16.7 Å². The molecule has 0 saturated carbocycles. The van der Waals surface area contributed by atoms with Crippen LogP contribution in [0.2, 0.25) is 0 Å². The summed E-state index contributed by atoms with van der Waals surface area (Å²) in [7, 11) is 1.57. The van der Waals surface area contributed by atoms with E-state index in [2.05, 4.69) is 6.07 Å². The number of amides is 1. The third-order valence-electron chi connectivity index (χ3n) is 5.45.